The van der Waals surface area contributed by atoms with Crippen LogP contribution in [0.15, 0.2) is 58.4 Å². The number of thiazole rings is 1. The average molecular weight is 464 g/mol. The van der Waals surface area contributed by atoms with Crippen LogP contribution in [0.4, 0.5) is 0 Å². The summed E-state index contributed by atoms with van der Waals surface area (Å²) in [6.45, 7) is 3.26. The molecule has 0 saturated carbocycles. The first-order valence-electron chi connectivity index (χ1n) is 9.31. The molecule has 164 valence electrons. The zero-order valence-electron chi connectivity index (χ0n) is 16.8. The summed E-state index contributed by atoms with van der Waals surface area (Å²) in [5.41, 5.74) is 0.522. The molecule has 0 saturated heterocycles. The summed E-state index contributed by atoms with van der Waals surface area (Å²) in [5, 5.41) is 5.21. The van der Waals surface area contributed by atoms with Crippen molar-refractivity contribution in [3.8, 4) is 5.75 Å². The van der Waals surface area contributed by atoms with E-state index < -0.39 is 28.0 Å². The zero-order valence-corrected chi connectivity index (χ0v) is 18.5. The number of esters is 1. The lowest BCUT2D eigenvalue weighted by molar-refractivity contribution is -0.143. The molecule has 0 aliphatic carbocycles. The van der Waals surface area contributed by atoms with Crippen molar-refractivity contribution in [2.45, 2.75) is 31.4 Å². The smallest absolute Gasteiger partial charge is 0.326 e. The van der Waals surface area contributed by atoms with Gasteiger partial charge in [-0.1, -0.05) is 29.5 Å². The maximum atomic E-state index is 12.7. The quantitative estimate of drug-likeness (QED) is 0.532. The summed E-state index contributed by atoms with van der Waals surface area (Å²) in [6, 6.07) is 13.1. The maximum Gasteiger partial charge on any atom is 0.326 e. The predicted molar refractivity (Wildman–Crippen MR) is 115 cm³/mol. The van der Waals surface area contributed by atoms with Gasteiger partial charge in [-0.05, 0) is 44.2 Å². The highest BCUT2D eigenvalue weighted by Gasteiger charge is 2.18. The molecule has 0 aliphatic rings. The molecule has 9 nitrogen and oxygen atoms in total. The summed E-state index contributed by atoms with van der Waals surface area (Å²) >= 11 is 1.06. The number of sulfonamides is 1. The van der Waals surface area contributed by atoms with Gasteiger partial charge in [-0.2, -0.15) is 4.99 Å². The molecule has 3 aromatic rings. The molecule has 1 unspecified atom stereocenters. The fourth-order valence-corrected chi connectivity index (χ4v) is 4.43. The molecule has 1 aromatic heterocycles. The number of hydrogen-bond donors (Lipinski definition) is 1. The van der Waals surface area contributed by atoms with Crippen LogP contribution in [0, 0.1) is 0 Å². The van der Waals surface area contributed by atoms with Gasteiger partial charge in [-0.3, -0.25) is 9.59 Å². The third-order valence-electron chi connectivity index (χ3n) is 4.18. The van der Waals surface area contributed by atoms with Crippen molar-refractivity contribution in [2.75, 3.05) is 6.61 Å². The van der Waals surface area contributed by atoms with Crippen LogP contribution in [0.2, 0.25) is 0 Å². The first-order chi connectivity index (χ1) is 14.7. The van der Waals surface area contributed by atoms with Gasteiger partial charge in [0.05, 0.1) is 21.7 Å². The van der Waals surface area contributed by atoms with Gasteiger partial charge in [0, 0.05) is 0 Å². The lowest BCUT2D eigenvalue weighted by Crippen LogP contribution is -2.27. The number of amides is 1. The molecule has 3 rings (SSSR count). The van der Waals surface area contributed by atoms with Crippen LogP contribution in [0.1, 0.15) is 13.8 Å². The molecule has 0 bridgehead atoms. The average Bonchev–Trinajstić information content (AvgIpc) is 3.04. The highest BCUT2D eigenvalue weighted by atomic mass is 32.2. The largest absolute Gasteiger partial charge is 0.481 e. The molecule has 2 aromatic carbocycles. The Balaban J connectivity index is 2.03. The van der Waals surface area contributed by atoms with Crippen molar-refractivity contribution < 1.29 is 27.5 Å². The second kappa shape index (κ2) is 9.41. The number of aromatic nitrogens is 1. The molecular formula is C20H21N3O6S2. The number of benzene rings is 2. The second-order valence-corrected chi connectivity index (χ2v) is 9.04. The summed E-state index contributed by atoms with van der Waals surface area (Å²) in [4.78, 5) is 29.0. The van der Waals surface area contributed by atoms with Crippen LogP contribution in [0.5, 0.6) is 5.75 Å². The lowest BCUT2D eigenvalue weighted by atomic mass is 10.3. The van der Waals surface area contributed by atoms with E-state index in [1.165, 1.54) is 22.8 Å². The van der Waals surface area contributed by atoms with Crippen LogP contribution in [0.25, 0.3) is 10.2 Å². The first kappa shape index (κ1) is 22.7. The van der Waals surface area contributed by atoms with Gasteiger partial charge >= 0.3 is 5.97 Å². The van der Waals surface area contributed by atoms with Crippen LogP contribution in [-0.4, -0.2) is 37.6 Å². The van der Waals surface area contributed by atoms with Crippen LogP contribution >= 0.6 is 11.3 Å². The van der Waals surface area contributed by atoms with E-state index in [0.29, 0.717) is 16.0 Å². The molecule has 1 amide bonds. The number of nitrogens with zero attached hydrogens (tertiary/aromatic N) is 2. The number of para-hydroxylation sites is 1. The van der Waals surface area contributed by atoms with Crippen molar-refractivity contribution in [3.05, 3.63) is 53.3 Å². The number of rotatable bonds is 7. The number of nitrogens with two attached hydrogens (primary N) is 1. The van der Waals surface area contributed by atoms with E-state index in [0.717, 1.165) is 11.3 Å². The fraction of sp³-hybridized carbons (Fsp3) is 0.250. The topological polar surface area (TPSA) is 130 Å². The van der Waals surface area contributed by atoms with Gasteiger partial charge in [0.15, 0.2) is 10.9 Å². The number of primary sulfonamides is 1. The SMILES string of the molecule is CCOC(=O)Cn1c(=NC(=O)C(C)Oc2ccccc2)sc2cc(S(N)(=O)=O)ccc21. The zero-order chi connectivity index (χ0) is 22.6. The highest BCUT2D eigenvalue weighted by molar-refractivity contribution is 7.89. The minimum Gasteiger partial charge on any atom is -0.481 e. The van der Waals surface area contributed by atoms with Gasteiger partial charge in [0.25, 0.3) is 5.91 Å². The van der Waals surface area contributed by atoms with Crippen LogP contribution in [-0.2, 0) is 30.9 Å². The molecule has 1 heterocycles. The van der Waals surface area contributed by atoms with E-state index in [9.17, 15) is 18.0 Å². The Kier molecular flexibility index (Phi) is 6.88. The third kappa shape index (κ3) is 5.57. The fourth-order valence-electron chi connectivity index (χ4n) is 2.74. The van der Waals surface area contributed by atoms with Gasteiger partial charge in [-0.15, -0.1) is 0 Å². The second-order valence-electron chi connectivity index (χ2n) is 6.47. The van der Waals surface area contributed by atoms with Gasteiger partial charge in [0.1, 0.15) is 12.3 Å². The van der Waals surface area contributed by atoms with Gasteiger partial charge in [-0.25, -0.2) is 13.6 Å². The van der Waals surface area contributed by atoms with E-state index >= 15 is 0 Å². The Morgan fingerprint density at radius 1 is 1.19 bits per heavy atom. The number of ether oxygens (including phenoxy) is 2. The number of hydrogen-bond acceptors (Lipinski definition) is 7. The highest BCUT2D eigenvalue weighted by Crippen LogP contribution is 2.21. The molecule has 31 heavy (non-hydrogen) atoms. The summed E-state index contributed by atoms with van der Waals surface area (Å²) < 4.78 is 36.0. The molecule has 0 aliphatic heterocycles. The summed E-state index contributed by atoms with van der Waals surface area (Å²) in [6.07, 6.45) is -0.872. The van der Waals surface area contributed by atoms with E-state index in [-0.39, 0.29) is 22.8 Å². The molecule has 0 fully saturated rings. The van der Waals surface area contributed by atoms with Crippen LogP contribution < -0.4 is 14.7 Å². The van der Waals surface area contributed by atoms with Gasteiger partial charge < -0.3 is 14.0 Å². The Morgan fingerprint density at radius 2 is 1.90 bits per heavy atom. The summed E-state index contributed by atoms with van der Waals surface area (Å²) in [5.74, 6) is -0.549. The van der Waals surface area contributed by atoms with Crippen molar-refractivity contribution in [3.63, 3.8) is 0 Å². The molecule has 11 heteroatoms. The van der Waals surface area contributed by atoms with E-state index in [2.05, 4.69) is 4.99 Å². The standard InChI is InChI=1S/C20H21N3O6S2/c1-3-28-18(24)12-23-16-10-9-15(31(21,26)27)11-17(16)30-20(23)22-19(25)13(2)29-14-7-5-4-6-8-14/h4-11,13H,3,12H2,1-2H3,(H2,21,26,27). The Morgan fingerprint density at radius 3 is 2.55 bits per heavy atom. The van der Waals surface area contributed by atoms with E-state index in [1.807, 2.05) is 6.07 Å². The van der Waals surface area contributed by atoms with Crippen molar-refractivity contribution in [2.24, 2.45) is 10.1 Å². The Hall–Kier alpha value is -3.02. The third-order valence-corrected chi connectivity index (χ3v) is 6.14. The first-order valence-corrected chi connectivity index (χ1v) is 11.7. The van der Waals surface area contributed by atoms with Crippen molar-refractivity contribution in [1.82, 2.24) is 4.57 Å². The number of carbonyl (C=O) groups is 2. The molecule has 0 spiro atoms. The van der Waals surface area contributed by atoms with Gasteiger partial charge in [0.2, 0.25) is 10.0 Å². The molecule has 1 atom stereocenters. The lowest BCUT2D eigenvalue weighted by Gasteiger charge is -2.10. The van der Waals surface area contributed by atoms with Crippen LogP contribution in [0.3, 0.4) is 0 Å². The van der Waals surface area contributed by atoms with Crippen molar-refractivity contribution >= 4 is 43.5 Å². The normalized spacial score (nSPS) is 13.2. The monoisotopic (exact) mass is 463 g/mol. The van der Waals surface area contributed by atoms with E-state index in [1.54, 1.807) is 38.1 Å². The molecular weight excluding hydrogens is 442 g/mol. The Labute approximate surface area is 182 Å². The predicted octanol–water partition coefficient (Wildman–Crippen LogP) is 1.81. The minimum atomic E-state index is -3.91. The van der Waals surface area contributed by atoms with E-state index in [4.69, 9.17) is 14.6 Å². The number of fused-ring (bicyclic) bond motifs is 1. The maximum absolute atomic E-state index is 12.7. The molecule has 0 radical (unpaired) electrons. The summed E-state index contributed by atoms with van der Waals surface area (Å²) in [7, 11) is -3.91. The molecule has 2 N–H and O–H groups in total. The van der Waals surface area contributed by atoms with Crippen molar-refractivity contribution in [1.29, 1.82) is 0 Å². The Bertz CT molecular complexity index is 1280. The number of carbonyl (C=O) groups excluding carboxylic acids is 2. The minimum absolute atomic E-state index is 0.0804.